The normalized spacial score (nSPS) is 12.7. The number of phosphoric acid groups is 1. The molecule has 0 unspecified atom stereocenters. The predicted octanol–water partition coefficient (Wildman–Crippen LogP) is 11.5. The van der Waals surface area contributed by atoms with Gasteiger partial charge in [0, 0.05) is 32.2 Å². The molecule has 0 fully saturated rings. The highest BCUT2D eigenvalue weighted by Crippen LogP contribution is 2.61. The molecule has 2 aromatic carbocycles. The average Bonchev–Trinajstić information content (AvgIpc) is 2.85. The molecule has 0 aliphatic carbocycles. The van der Waals surface area contributed by atoms with Crippen LogP contribution in [0.25, 0.3) is 11.1 Å². The van der Waals surface area contributed by atoms with Crippen LogP contribution in [0.2, 0.25) is 20.1 Å². The summed E-state index contributed by atoms with van der Waals surface area (Å²) in [6.45, 7) is 7.60. The van der Waals surface area contributed by atoms with Crippen LogP contribution >= 0.6 is 85.0 Å². The van der Waals surface area contributed by atoms with E-state index in [4.69, 9.17) is 92.2 Å². The van der Waals surface area contributed by atoms with Gasteiger partial charge in [0.2, 0.25) is 0 Å². The first-order valence-corrected chi connectivity index (χ1v) is 16.8. The summed E-state index contributed by atoms with van der Waals surface area (Å²) in [4.78, 5) is 0. The zero-order valence-corrected chi connectivity index (χ0v) is 27.8. The van der Waals surface area contributed by atoms with Crippen LogP contribution in [0.5, 0.6) is 0 Å². The van der Waals surface area contributed by atoms with Crippen molar-refractivity contribution in [3.63, 3.8) is 0 Å². The Labute approximate surface area is 259 Å². The molecule has 0 bridgehead atoms. The Morgan fingerprint density at radius 2 is 1.13 bits per heavy atom. The van der Waals surface area contributed by atoms with Gasteiger partial charge in [0.1, 0.15) is 0 Å². The number of rotatable bonds is 13. The molecule has 0 heterocycles. The highest BCUT2D eigenvalue weighted by Gasteiger charge is 2.32. The standard InChI is InChI=1S/C12H14Cl3O4P.C12H14Cl3O3P/c1-3-17-20(16,18-4-2)19-12(8-13)10-6-5-9(14)7-11(10)15;1-3-17-19(16,18-4-2)12(8-13)10-6-5-9(14)7-11(10)15/h5-8H,3-4H2,1-2H3;5-8H,3-4H2,1-2H3/b2*12-8-. The van der Waals surface area contributed by atoms with Gasteiger partial charge in [0.05, 0.1) is 41.8 Å². The predicted molar refractivity (Wildman–Crippen MR) is 163 cm³/mol. The molecule has 0 saturated heterocycles. The summed E-state index contributed by atoms with van der Waals surface area (Å²) in [6.07, 6.45) is 0. The van der Waals surface area contributed by atoms with Gasteiger partial charge in [-0.3, -0.25) is 13.6 Å². The second-order valence-electron chi connectivity index (χ2n) is 6.92. The van der Waals surface area contributed by atoms with Crippen LogP contribution in [-0.2, 0) is 31.7 Å². The van der Waals surface area contributed by atoms with Crippen molar-refractivity contribution < 1.29 is 31.7 Å². The third kappa shape index (κ3) is 11.5. The van der Waals surface area contributed by atoms with Gasteiger partial charge in [0.15, 0.2) is 5.76 Å². The molecule has 0 aromatic heterocycles. The van der Waals surface area contributed by atoms with E-state index in [9.17, 15) is 9.13 Å². The lowest BCUT2D eigenvalue weighted by molar-refractivity contribution is 0.159. The van der Waals surface area contributed by atoms with Gasteiger partial charge in [-0.2, -0.15) is 0 Å². The quantitative estimate of drug-likeness (QED) is 0.152. The first-order valence-electron chi connectivity index (χ1n) is 11.4. The van der Waals surface area contributed by atoms with Crippen molar-refractivity contribution >= 4 is 96.1 Å². The van der Waals surface area contributed by atoms with Crippen LogP contribution in [0.3, 0.4) is 0 Å². The van der Waals surface area contributed by atoms with Crippen molar-refractivity contribution in [2.24, 2.45) is 0 Å². The minimum atomic E-state index is -3.73. The summed E-state index contributed by atoms with van der Waals surface area (Å²) in [5, 5.41) is 1.80. The maximum atomic E-state index is 12.7. The lowest BCUT2D eigenvalue weighted by Crippen LogP contribution is -2.00. The Hall–Kier alpha value is -0.240. The van der Waals surface area contributed by atoms with Crippen LogP contribution in [0, 0.1) is 0 Å². The summed E-state index contributed by atoms with van der Waals surface area (Å²) in [7, 11) is -7.23. The van der Waals surface area contributed by atoms with Crippen molar-refractivity contribution in [3.8, 4) is 0 Å². The zero-order chi connectivity index (χ0) is 29.6. The number of hydrogen-bond acceptors (Lipinski definition) is 7. The monoisotopic (exact) mass is 700 g/mol. The fourth-order valence-corrected chi connectivity index (χ4v) is 7.45. The van der Waals surface area contributed by atoms with Gasteiger partial charge >= 0.3 is 15.4 Å². The molecule has 0 spiro atoms. The molecule has 0 aliphatic rings. The fraction of sp³-hybridized carbons (Fsp3) is 0.333. The number of benzene rings is 2. The van der Waals surface area contributed by atoms with Crippen molar-refractivity contribution in [2.45, 2.75) is 27.7 Å². The summed E-state index contributed by atoms with van der Waals surface area (Å²) in [5.41, 5.74) is 3.19. The van der Waals surface area contributed by atoms with Crippen LogP contribution < -0.4 is 0 Å². The van der Waals surface area contributed by atoms with Gasteiger partial charge < -0.3 is 13.6 Å². The molecule has 0 saturated carbocycles. The molecule has 218 valence electrons. The summed E-state index contributed by atoms with van der Waals surface area (Å²) < 4.78 is 50.8. The van der Waals surface area contributed by atoms with Gasteiger partial charge in [0.25, 0.3) is 0 Å². The Kier molecular flexibility index (Phi) is 17.3. The molecule has 0 aliphatic heterocycles. The maximum absolute atomic E-state index is 12.7. The van der Waals surface area contributed by atoms with E-state index >= 15 is 0 Å². The Morgan fingerprint density at radius 1 is 0.692 bits per heavy atom. The zero-order valence-electron chi connectivity index (χ0n) is 21.5. The minimum absolute atomic E-state index is 0.0820. The van der Waals surface area contributed by atoms with Crippen molar-refractivity contribution in [3.05, 3.63) is 78.7 Å². The third-order valence-electron chi connectivity index (χ3n) is 4.28. The smallest absolute Gasteiger partial charge is 0.402 e. The maximum Gasteiger partial charge on any atom is 0.530 e. The molecular weight excluding hydrogens is 675 g/mol. The minimum Gasteiger partial charge on any atom is -0.402 e. The van der Waals surface area contributed by atoms with E-state index in [1.54, 1.807) is 58.0 Å². The lowest BCUT2D eigenvalue weighted by atomic mass is 10.2. The number of halogens is 6. The van der Waals surface area contributed by atoms with Crippen molar-refractivity contribution in [1.29, 1.82) is 0 Å². The van der Waals surface area contributed by atoms with Crippen molar-refractivity contribution in [1.82, 2.24) is 0 Å². The molecule has 39 heavy (non-hydrogen) atoms. The largest absolute Gasteiger partial charge is 0.530 e. The van der Waals surface area contributed by atoms with E-state index in [1.165, 1.54) is 11.6 Å². The fourth-order valence-electron chi connectivity index (χ4n) is 2.82. The molecular formula is C24H28Cl6O7P2. The molecule has 0 amide bonds. The van der Waals surface area contributed by atoms with Crippen molar-refractivity contribution in [2.75, 3.05) is 26.4 Å². The topological polar surface area (TPSA) is 80.3 Å². The highest BCUT2D eigenvalue weighted by molar-refractivity contribution is 7.65. The van der Waals surface area contributed by atoms with Crippen LogP contribution in [0.15, 0.2) is 47.5 Å². The second-order valence-corrected chi connectivity index (χ2v) is 12.6. The Bertz CT molecular complexity index is 1220. The van der Waals surface area contributed by atoms with Gasteiger partial charge in [-0.05, 0) is 58.0 Å². The molecule has 0 radical (unpaired) electrons. The Morgan fingerprint density at radius 3 is 1.49 bits per heavy atom. The van der Waals surface area contributed by atoms with Crippen LogP contribution in [0.4, 0.5) is 0 Å². The molecule has 7 nitrogen and oxygen atoms in total. The van der Waals surface area contributed by atoms with Gasteiger partial charge in [-0.15, -0.1) is 0 Å². The summed E-state index contributed by atoms with van der Waals surface area (Å²) in [5.74, 6) is 0.0820. The first-order chi connectivity index (χ1) is 18.4. The SMILES string of the molecule is CCOP(=O)(OCC)/C(=C\Cl)c1ccc(Cl)cc1Cl.CCOP(=O)(OCC)O/C(=C\Cl)c1ccc(Cl)cc1Cl. The van der Waals surface area contributed by atoms with Crippen LogP contribution in [0.1, 0.15) is 38.8 Å². The number of hydrogen-bond donors (Lipinski definition) is 0. The summed E-state index contributed by atoms with van der Waals surface area (Å²) in [6, 6.07) is 9.53. The van der Waals surface area contributed by atoms with E-state index in [-0.39, 0.29) is 37.5 Å². The summed E-state index contributed by atoms with van der Waals surface area (Å²) >= 11 is 35.3. The van der Waals surface area contributed by atoms with E-state index in [0.717, 1.165) is 5.54 Å². The molecule has 2 aromatic rings. The van der Waals surface area contributed by atoms with E-state index < -0.39 is 15.4 Å². The molecule has 0 N–H and O–H groups in total. The van der Waals surface area contributed by atoms with E-state index in [0.29, 0.717) is 31.2 Å². The first kappa shape index (κ1) is 36.8. The highest BCUT2D eigenvalue weighted by atomic mass is 35.5. The van der Waals surface area contributed by atoms with E-state index in [1.807, 2.05) is 0 Å². The molecule has 0 atom stereocenters. The van der Waals surface area contributed by atoms with Gasteiger partial charge in [-0.1, -0.05) is 75.7 Å². The molecule has 2 rings (SSSR count). The lowest BCUT2D eigenvalue weighted by Gasteiger charge is -2.20. The second kappa shape index (κ2) is 18.3. The molecule has 15 heteroatoms. The third-order valence-corrected chi connectivity index (χ3v) is 9.67. The average molecular weight is 703 g/mol. The van der Waals surface area contributed by atoms with Crippen LogP contribution in [-0.4, -0.2) is 26.4 Å². The Balaban J connectivity index is 0.000000391. The van der Waals surface area contributed by atoms with Gasteiger partial charge in [-0.25, -0.2) is 4.57 Å². The van der Waals surface area contributed by atoms with E-state index in [2.05, 4.69) is 0 Å². The number of phosphoric ester groups is 1.